The Morgan fingerprint density at radius 1 is 1.89 bits per heavy atom. The maximum atomic E-state index is 10.3. The quantitative estimate of drug-likeness (QED) is 0.415. The number of carbonyl (C=O) groups excluding carboxylic acids is 1. The highest BCUT2D eigenvalue weighted by atomic mass is 16.5. The fourth-order valence-electron chi connectivity index (χ4n) is 0.273. The lowest BCUT2D eigenvalue weighted by molar-refractivity contribution is 0.170. The highest BCUT2D eigenvalue weighted by Crippen LogP contribution is 1.81. The predicted molar refractivity (Wildman–Crippen MR) is 35.7 cm³/mol. The minimum Gasteiger partial charge on any atom is -0.444 e. The van der Waals surface area contributed by atoms with Crippen molar-refractivity contribution in [2.75, 3.05) is 6.61 Å². The van der Waals surface area contributed by atoms with E-state index in [-0.39, 0.29) is 6.61 Å². The van der Waals surface area contributed by atoms with Gasteiger partial charge in [0.2, 0.25) is 0 Å². The zero-order valence-corrected chi connectivity index (χ0v) is 5.33. The summed E-state index contributed by atoms with van der Waals surface area (Å²) in [5.74, 6) is 0. The summed E-state index contributed by atoms with van der Waals surface area (Å²) in [7, 11) is 0. The normalized spacial score (nSPS) is 9.44. The van der Waals surface area contributed by atoms with Gasteiger partial charge in [0.1, 0.15) is 6.61 Å². The number of aliphatic imine (C=N–C) groups is 1. The Bertz CT molecular complexity index is 129. The third-order valence-corrected chi connectivity index (χ3v) is 0.559. The van der Waals surface area contributed by atoms with Crippen molar-refractivity contribution in [1.29, 1.82) is 0 Å². The zero-order chi connectivity index (χ0) is 7.11. The van der Waals surface area contributed by atoms with Crippen LogP contribution in [0.25, 0.3) is 0 Å². The number of amides is 1. The maximum absolute atomic E-state index is 10.3. The van der Waals surface area contributed by atoms with Crippen molar-refractivity contribution in [1.82, 2.24) is 0 Å². The molecular weight excluding hydrogens is 118 g/mol. The van der Waals surface area contributed by atoms with Gasteiger partial charge in [-0.05, 0) is 6.92 Å². The molecule has 0 saturated heterocycles. The largest absolute Gasteiger partial charge is 0.444 e. The lowest BCUT2D eigenvalue weighted by Crippen LogP contribution is -1.97. The molecule has 9 heavy (non-hydrogen) atoms. The molecule has 0 aromatic carbocycles. The van der Waals surface area contributed by atoms with E-state index in [2.05, 4.69) is 16.3 Å². The molecule has 0 aliphatic heterocycles. The lowest BCUT2D eigenvalue weighted by atomic mass is 10.7. The first-order valence-corrected chi connectivity index (χ1v) is 2.57. The van der Waals surface area contributed by atoms with Crippen molar-refractivity contribution in [2.24, 2.45) is 4.99 Å². The van der Waals surface area contributed by atoms with Crippen LogP contribution in [0, 0.1) is 0 Å². The van der Waals surface area contributed by atoms with E-state index in [1.165, 1.54) is 12.3 Å². The van der Waals surface area contributed by atoms with Crippen LogP contribution in [0.2, 0.25) is 0 Å². The van der Waals surface area contributed by atoms with E-state index in [0.29, 0.717) is 0 Å². The van der Waals surface area contributed by atoms with E-state index < -0.39 is 6.09 Å². The van der Waals surface area contributed by atoms with Gasteiger partial charge in [-0.3, -0.25) is 0 Å². The molecule has 3 nitrogen and oxygen atoms in total. The molecule has 0 N–H and O–H groups in total. The fraction of sp³-hybridized carbons (Fsp3) is 0.333. The number of ether oxygens (including phenoxy) is 1. The van der Waals surface area contributed by atoms with E-state index >= 15 is 0 Å². The second-order valence-electron chi connectivity index (χ2n) is 1.25. The fourth-order valence-corrected chi connectivity index (χ4v) is 0.273. The first-order valence-electron chi connectivity index (χ1n) is 2.57. The number of rotatable bonds is 2. The monoisotopic (exact) mass is 127 g/mol. The molecule has 0 radical (unpaired) electrons. The molecular formula is C6H9NO2. The number of nitrogens with zero attached hydrogens (tertiary/aromatic N) is 1. The molecule has 0 unspecified atom stereocenters. The summed E-state index contributed by atoms with van der Waals surface area (Å²) < 4.78 is 4.48. The Kier molecular flexibility index (Phi) is 4.40. The zero-order valence-electron chi connectivity index (χ0n) is 5.33. The summed E-state index contributed by atoms with van der Waals surface area (Å²) in [5.41, 5.74) is 0. The molecule has 0 aromatic heterocycles. The molecule has 1 amide bonds. The molecule has 0 atom stereocenters. The van der Waals surface area contributed by atoms with Gasteiger partial charge < -0.3 is 4.74 Å². The van der Waals surface area contributed by atoms with Crippen LogP contribution < -0.4 is 0 Å². The third kappa shape index (κ3) is 4.74. The Balaban J connectivity index is 3.38. The van der Waals surface area contributed by atoms with Gasteiger partial charge in [-0.1, -0.05) is 12.7 Å². The maximum Gasteiger partial charge on any atom is 0.433 e. The second-order valence-corrected chi connectivity index (χ2v) is 1.25. The highest BCUT2D eigenvalue weighted by Gasteiger charge is 1.91. The van der Waals surface area contributed by atoms with E-state index in [4.69, 9.17) is 0 Å². The minimum absolute atomic E-state index is 0.218. The van der Waals surface area contributed by atoms with Gasteiger partial charge in [0.25, 0.3) is 0 Å². The predicted octanol–water partition coefficient (Wildman–Crippen LogP) is 1.40. The summed E-state index contributed by atoms with van der Waals surface area (Å²) in [6, 6.07) is 0. The second kappa shape index (κ2) is 5.03. The van der Waals surface area contributed by atoms with Crippen LogP contribution in [0.15, 0.2) is 17.6 Å². The van der Waals surface area contributed by atoms with Crippen LogP contribution in [-0.2, 0) is 4.74 Å². The van der Waals surface area contributed by atoms with Gasteiger partial charge in [0.05, 0.1) is 0 Å². The van der Waals surface area contributed by atoms with Gasteiger partial charge >= 0.3 is 6.09 Å². The molecule has 0 bridgehead atoms. The SMILES string of the molecule is C=CCOC(=O)N=CC. The first kappa shape index (κ1) is 7.88. The van der Waals surface area contributed by atoms with E-state index in [1.54, 1.807) is 6.92 Å². The third-order valence-electron chi connectivity index (χ3n) is 0.559. The Labute approximate surface area is 54.0 Å². The minimum atomic E-state index is -0.572. The van der Waals surface area contributed by atoms with Gasteiger partial charge in [-0.25, -0.2) is 4.79 Å². The summed E-state index contributed by atoms with van der Waals surface area (Å²) in [6.07, 6.45) is 2.30. The van der Waals surface area contributed by atoms with Crippen molar-refractivity contribution in [2.45, 2.75) is 6.92 Å². The Morgan fingerprint density at radius 2 is 2.56 bits per heavy atom. The van der Waals surface area contributed by atoms with E-state index in [9.17, 15) is 4.79 Å². The van der Waals surface area contributed by atoms with Crippen LogP contribution in [0.4, 0.5) is 4.79 Å². The van der Waals surface area contributed by atoms with Gasteiger partial charge in [-0.2, -0.15) is 4.99 Å². The lowest BCUT2D eigenvalue weighted by Gasteiger charge is -1.91. The summed E-state index contributed by atoms with van der Waals surface area (Å²) in [5, 5.41) is 0. The number of hydrogen-bond acceptors (Lipinski definition) is 2. The van der Waals surface area contributed by atoms with Crippen molar-refractivity contribution < 1.29 is 9.53 Å². The van der Waals surface area contributed by atoms with Crippen molar-refractivity contribution in [3.05, 3.63) is 12.7 Å². The van der Waals surface area contributed by atoms with Crippen LogP contribution >= 0.6 is 0 Å². The average Bonchev–Trinajstić information content (AvgIpc) is 1.85. The highest BCUT2D eigenvalue weighted by molar-refractivity contribution is 5.78. The Hall–Kier alpha value is -1.12. The van der Waals surface area contributed by atoms with Crippen molar-refractivity contribution in [3.63, 3.8) is 0 Å². The molecule has 0 saturated carbocycles. The van der Waals surface area contributed by atoms with Gasteiger partial charge in [-0.15, -0.1) is 0 Å². The molecule has 0 fully saturated rings. The van der Waals surface area contributed by atoms with E-state index in [1.807, 2.05) is 0 Å². The van der Waals surface area contributed by atoms with Crippen LogP contribution in [-0.4, -0.2) is 18.9 Å². The molecule has 0 aliphatic carbocycles. The summed E-state index contributed by atoms with van der Waals surface area (Å²) in [4.78, 5) is 13.7. The molecule has 50 valence electrons. The van der Waals surface area contributed by atoms with Crippen LogP contribution in [0.3, 0.4) is 0 Å². The molecule has 0 aliphatic rings. The first-order chi connectivity index (χ1) is 4.31. The van der Waals surface area contributed by atoms with Crippen molar-refractivity contribution in [3.8, 4) is 0 Å². The number of carbonyl (C=O) groups is 1. The molecule has 0 aromatic rings. The molecule has 3 heteroatoms. The smallest absolute Gasteiger partial charge is 0.433 e. The van der Waals surface area contributed by atoms with E-state index in [0.717, 1.165) is 0 Å². The summed E-state index contributed by atoms with van der Waals surface area (Å²) >= 11 is 0. The van der Waals surface area contributed by atoms with Gasteiger partial charge in [0.15, 0.2) is 0 Å². The number of hydrogen-bond donors (Lipinski definition) is 0. The Morgan fingerprint density at radius 3 is 3.00 bits per heavy atom. The van der Waals surface area contributed by atoms with Crippen molar-refractivity contribution >= 4 is 12.3 Å². The standard InChI is InChI=1S/C6H9NO2/c1-3-5-9-6(8)7-4-2/h3-4H,1,5H2,2H3. The van der Waals surface area contributed by atoms with Gasteiger partial charge in [0, 0.05) is 6.21 Å². The molecule has 0 rings (SSSR count). The molecule has 0 spiro atoms. The van der Waals surface area contributed by atoms with Crippen LogP contribution in [0.1, 0.15) is 6.92 Å². The molecule has 0 heterocycles. The topological polar surface area (TPSA) is 38.7 Å². The summed E-state index contributed by atoms with van der Waals surface area (Å²) in [6.45, 7) is 5.23. The van der Waals surface area contributed by atoms with Crippen LogP contribution in [0.5, 0.6) is 0 Å². The average molecular weight is 127 g/mol.